The quantitative estimate of drug-likeness (QED) is 0.582. The van der Waals surface area contributed by atoms with E-state index >= 15 is 0 Å². The van der Waals surface area contributed by atoms with Crippen LogP contribution in [0.25, 0.3) is 0 Å². The first-order valence-electron chi connectivity index (χ1n) is 9.79. The van der Waals surface area contributed by atoms with Gasteiger partial charge in [-0.05, 0) is 63.3 Å². The van der Waals surface area contributed by atoms with E-state index in [4.69, 9.17) is 21.7 Å². The van der Waals surface area contributed by atoms with Crippen molar-refractivity contribution < 1.29 is 14.3 Å². The lowest BCUT2D eigenvalue weighted by atomic mass is 9.89. The SMILES string of the molecule is CCCC1Oc2ccc(C(C)(NC(=O)OC(C)(C)C)c3cccs3)cc2NC1=S. The lowest BCUT2D eigenvalue weighted by molar-refractivity contribution is 0.0481. The number of hydrogen-bond donors (Lipinski definition) is 2. The molecule has 156 valence electrons. The van der Waals surface area contributed by atoms with Crippen molar-refractivity contribution in [1.82, 2.24) is 5.32 Å². The second kappa shape index (κ2) is 8.32. The summed E-state index contributed by atoms with van der Waals surface area (Å²) in [6.07, 6.45) is 1.31. The van der Waals surface area contributed by atoms with Crippen molar-refractivity contribution in [3.63, 3.8) is 0 Å². The summed E-state index contributed by atoms with van der Waals surface area (Å²) >= 11 is 7.07. The number of ether oxygens (including phenoxy) is 2. The molecule has 2 N–H and O–H groups in total. The topological polar surface area (TPSA) is 59.6 Å². The van der Waals surface area contributed by atoms with Crippen molar-refractivity contribution in [3.05, 3.63) is 46.2 Å². The predicted octanol–water partition coefficient (Wildman–Crippen LogP) is 5.84. The molecular formula is C22H28N2O3S2. The van der Waals surface area contributed by atoms with Crippen molar-refractivity contribution in [2.24, 2.45) is 0 Å². The molecule has 0 radical (unpaired) electrons. The van der Waals surface area contributed by atoms with E-state index in [0.29, 0.717) is 4.99 Å². The van der Waals surface area contributed by atoms with Gasteiger partial charge in [0.05, 0.1) is 5.69 Å². The molecule has 0 fully saturated rings. The third kappa shape index (κ3) is 4.90. The summed E-state index contributed by atoms with van der Waals surface area (Å²) in [5.74, 6) is 0.770. The molecule has 7 heteroatoms. The molecule has 29 heavy (non-hydrogen) atoms. The number of alkyl carbamates (subject to hydrolysis) is 1. The highest BCUT2D eigenvalue weighted by molar-refractivity contribution is 7.80. The van der Waals surface area contributed by atoms with Gasteiger partial charge in [0.25, 0.3) is 0 Å². The zero-order valence-electron chi connectivity index (χ0n) is 17.5. The summed E-state index contributed by atoms with van der Waals surface area (Å²) in [6.45, 7) is 9.64. The molecule has 3 rings (SSSR count). The summed E-state index contributed by atoms with van der Waals surface area (Å²) in [5, 5.41) is 8.37. The molecule has 1 aliphatic rings. The van der Waals surface area contributed by atoms with Crippen LogP contribution in [0.5, 0.6) is 5.75 Å². The largest absolute Gasteiger partial charge is 0.481 e. The monoisotopic (exact) mass is 432 g/mol. The molecule has 2 unspecified atom stereocenters. The van der Waals surface area contributed by atoms with Crippen LogP contribution < -0.4 is 15.4 Å². The van der Waals surface area contributed by atoms with E-state index in [1.54, 1.807) is 11.3 Å². The van der Waals surface area contributed by atoms with E-state index in [0.717, 1.165) is 34.7 Å². The van der Waals surface area contributed by atoms with Crippen LogP contribution in [0, 0.1) is 0 Å². The second-order valence-corrected chi connectivity index (χ2v) is 9.71. The van der Waals surface area contributed by atoms with Crippen LogP contribution in [0.4, 0.5) is 10.5 Å². The molecular weight excluding hydrogens is 404 g/mol. The molecule has 1 aliphatic heterocycles. The Kier molecular flexibility index (Phi) is 6.19. The van der Waals surface area contributed by atoms with Gasteiger partial charge < -0.3 is 20.1 Å². The van der Waals surface area contributed by atoms with Crippen LogP contribution in [-0.2, 0) is 10.3 Å². The van der Waals surface area contributed by atoms with Gasteiger partial charge in [-0.25, -0.2) is 4.79 Å². The van der Waals surface area contributed by atoms with Gasteiger partial charge in [-0.2, -0.15) is 0 Å². The minimum atomic E-state index is -0.755. The Hall–Kier alpha value is -2.12. The molecule has 5 nitrogen and oxygen atoms in total. The highest BCUT2D eigenvalue weighted by Gasteiger charge is 2.35. The Balaban J connectivity index is 1.95. The minimum Gasteiger partial charge on any atom is -0.481 e. The van der Waals surface area contributed by atoms with Crippen molar-refractivity contribution >= 4 is 40.3 Å². The van der Waals surface area contributed by atoms with Gasteiger partial charge in [0.1, 0.15) is 28.0 Å². The van der Waals surface area contributed by atoms with Gasteiger partial charge in [0, 0.05) is 4.88 Å². The molecule has 1 aromatic carbocycles. The molecule has 0 aliphatic carbocycles. The third-order valence-corrected chi connectivity index (χ3v) is 6.15. The average Bonchev–Trinajstić information content (AvgIpc) is 3.15. The summed E-state index contributed by atoms with van der Waals surface area (Å²) in [6, 6.07) is 9.88. The number of carbonyl (C=O) groups excluding carboxylic acids is 1. The molecule has 0 spiro atoms. The Morgan fingerprint density at radius 2 is 2.07 bits per heavy atom. The summed E-state index contributed by atoms with van der Waals surface area (Å²) < 4.78 is 11.6. The van der Waals surface area contributed by atoms with E-state index in [1.165, 1.54) is 0 Å². The van der Waals surface area contributed by atoms with Gasteiger partial charge in [0.2, 0.25) is 0 Å². The fourth-order valence-corrected chi connectivity index (χ4v) is 4.40. The molecule has 1 aromatic heterocycles. The molecule has 0 bridgehead atoms. The lowest BCUT2D eigenvalue weighted by Gasteiger charge is -2.34. The van der Waals surface area contributed by atoms with E-state index in [-0.39, 0.29) is 6.10 Å². The fraction of sp³-hybridized carbons (Fsp3) is 0.455. The van der Waals surface area contributed by atoms with Crippen LogP contribution in [0.15, 0.2) is 35.7 Å². The van der Waals surface area contributed by atoms with Gasteiger partial charge in [-0.3, -0.25) is 0 Å². The maximum Gasteiger partial charge on any atom is 0.408 e. The first-order valence-corrected chi connectivity index (χ1v) is 11.1. The van der Waals surface area contributed by atoms with Crippen molar-refractivity contribution in [2.75, 3.05) is 5.32 Å². The van der Waals surface area contributed by atoms with E-state index in [9.17, 15) is 4.79 Å². The first-order chi connectivity index (χ1) is 13.6. The smallest absolute Gasteiger partial charge is 0.408 e. The number of anilines is 1. The number of benzene rings is 1. The third-order valence-electron chi connectivity index (χ3n) is 4.69. The maximum atomic E-state index is 12.6. The van der Waals surface area contributed by atoms with Crippen LogP contribution in [-0.4, -0.2) is 22.8 Å². The molecule has 0 saturated heterocycles. The maximum absolute atomic E-state index is 12.6. The predicted molar refractivity (Wildman–Crippen MR) is 122 cm³/mol. The van der Waals surface area contributed by atoms with Gasteiger partial charge in [0.15, 0.2) is 0 Å². The number of carbonyl (C=O) groups is 1. The Morgan fingerprint density at radius 1 is 1.31 bits per heavy atom. The van der Waals surface area contributed by atoms with E-state index in [1.807, 2.05) is 63.4 Å². The Bertz CT molecular complexity index is 890. The standard InChI is InChI=1S/C22H28N2O3S2/c1-6-8-17-19(28)23-15-13-14(10-11-16(15)26-17)22(5,18-9-7-12-29-18)24-20(25)27-21(2,3)4/h7,9-13,17H,6,8H2,1-5H3,(H,23,28)(H,24,25). The fourth-order valence-electron chi connectivity index (χ4n) is 3.26. The second-order valence-electron chi connectivity index (χ2n) is 8.32. The van der Waals surface area contributed by atoms with Crippen molar-refractivity contribution in [3.8, 4) is 5.75 Å². The number of thiophene rings is 1. The van der Waals surface area contributed by atoms with Crippen molar-refractivity contribution in [1.29, 1.82) is 0 Å². The number of nitrogens with one attached hydrogen (secondary N) is 2. The molecule has 2 heterocycles. The van der Waals surface area contributed by atoms with Crippen molar-refractivity contribution in [2.45, 2.75) is 64.7 Å². The summed E-state index contributed by atoms with van der Waals surface area (Å²) in [4.78, 5) is 14.3. The Labute approximate surface area is 181 Å². The van der Waals surface area contributed by atoms with Gasteiger partial charge in [-0.1, -0.05) is 37.7 Å². The van der Waals surface area contributed by atoms with Gasteiger partial charge >= 0.3 is 6.09 Å². The zero-order chi connectivity index (χ0) is 21.2. The number of rotatable bonds is 5. The van der Waals surface area contributed by atoms with Gasteiger partial charge in [-0.15, -0.1) is 11.3 Å². The number of amides is 1. The highest BCUT2D eigenvalue weighted by atomic mass is 32.1. The van der Waals surface area contributed by atoms with Crippen LogP contribution >= 0.6 is 23.6 Å². The first kappa shape index (κ1) is 21.6. The molecule has 2 aromatic rings. The normalized spacial score (nSPS) is 18.1. The highest BCUT2D eigenvalue weighted by Crippen LogP contribution is 2.39. The average molecular weight is 433 g/mol. The van der Waals surface area contributed by atoms with E-state index < -0.39 is 17.2 Å². The minimum absolute atomic E-state index is 0.100. The zero-order valence-corrected chi connectivity index (χ0v) is 19.1. The van der Waals surface area contributed by atoms with Crippen LogP contribution in [0.2, 0.25) is 0 Å². The lowest BCUT2D eigenvalue weighted by Crippen LogP contribution is -2.46. The van der Waals surface area contributed by atoms with Crippen LogP contribution in [0.1, 0.15) is 57.9 Å². The Morgan fingerprint density at radius 3 is 2.69 bits per heavy atom. The summed E-state index contributed by atoms with van der Waals surface area (Å²) in [7, 11) is 0. The molecule has 1 amide bonds. The summed E-state index contributed by atoms with van der Waals surface area (Å²) in [5.41, 5.74) is 0.396. The number of thiocarbonyl (C=S) groups is 1. The van der Waals surface area contributed by atoms with Crippen LogP contribution in [0.3, 0.4) is 0 Å². The number of hydrogen-bond acceptors (Lipinski definition) is 5. The molecule has 2 atom stereocenters. The van der Waals surface area contributed by atoms with E-state index in [2.05, 4.69) is 17.6 Å². The number of fused-ring (bicyclic) bond motifs is 1. The molecule has 0 saturated carbocycles.